The fourth-order valence-electron chi connectivity index (χ4n) is 0.898. The van der Waals surface area contributed by atoms with E-state index in [1.165, 1.54) is 32.1 Å². The highest BCUT2D eigenvalue weighted by molar-refractivity contribution is 4.69. The second-order valence-corrected chi connectivity index (χ2v) is 2.33. The van der Waals surface area contributed by atoms with Gasteiger partial charge in [0.2, 0.25) is 0 Å². The number of hydrogen-bond donors (Lipinski definition) is 1. The van der Waals surface area contributed by atoms with Gasteiger partial charge in [0.25, 0.3) is 0 Å². The van der Waals surface area contributed by atoms with E-state index in [-0.39, 0.29) is 0 Å². The van der Waals surface area contributed by atoms with E-state index in [0.717, 1.165) is 6.54 Å². The standard InChI is InChI=1S/C6H11.C2H7N/c1-2-4-6-5-3-1;1-2-3/h1H,2-6H2;2-3H2,1H3. The monoisotopic (exact) mass is 128 g/mol. The molecule has 1 saturated carbocycles. The fraction of sp³-hybridized carbons (Fsp3) is 0.875. The predicted molar refractivity (Wildman–Crippen MR) is 42.1 cm³/mol. The van der Waals surface area contributed by atoms with Gasteiger partial charge >= 0.3 is 0 Å². The van der Waals surface area contributed by atoms with Gasteiger partial charge in [-0.15, -0.1) is 0 Å². The van der Waals surface area contributed by atoms with Crippen molar-refractivity contribution in [3.05, 3.63) is 6.42 Å². The molecular weight excluding hydrogens is 110 g/mol. The zero-order chi connectivity index (χ0) is 6.95. The van der Waals surface area contributed by atoms with Crippen molar-refractivity contribution in [2.75, 3.05) is 6.54 Å². The van der Waals surface area contributed by atoms with Crippen LogP contribution in [0, 0.1) is 6.42 Å². The zero-order valence-electron chi connectivity index (χ0n) is 6.40. The van der Waals surface area contributed by atoms with Crippen LogP contribution in [0.25, 0.3) is 0 Å². The average Bonchev–Trinajstić information content (AvgIpc) is 1.93. The maximum absolute atomic E-state index is 4.85. The Morgan fingerprint density at radius 2 is 1.67 bits per heavy atom. The number of hydrogen-bond acceptors (Lipinski definition) is 1. The van der Waals surface area contributed by atoms with Gasteiger partial charge in [-0.3, -0.25) is 0 Å². The van der Waals surface area contributed by atoms with Crippen LogP contribution in [-0.2, 0) is 0 Å². The van der Waals surface area contributed by atoms with E-state index in [2.05, 4.69) is 6.42 Å². The minimum absolute atomic E-state index is 0.750. The van der Waals surface area contributed by atoms with Crippen LogP contribution in [0.1, 0.15) is 39.0 Å². The van der Waals surface area contributed by atoms with Gasteiger partial charge in [-0.2, -0.15) is 0 Å². The zero-order valence-corrected chi connectivity index (χ0v) is 6.40. The molecule has 0 aromatic heterocycles. The van der Waals surface area contributed by atoms with E-state index >= 15 is 0 Å². The maximum Gasteiger partial charge on any atom is -0.0106 e. The first-order valence-corrected chi connectivity index (χ1v) is 3.93. The van der Waals surface area contributed by atoms with Crippen LogP contribution in [-0.4, -0.2) is 6.54 Å². The number of nitrogens with two attached hydrogens (primary N) is 1. The Morgan fingerprint density at radius 3 is 1.78 bits per heavy atom. The minimum atomic E-state index is 0.750. The third kappa shape index (κ3) is 7.96. The van der Waals surface area contributed by atoms with Crippen LogP contribution in [0.2, 0.25) is 0 Å². The third-order valence-corrected chi connectivity index (χ3v) is 1.32. The first-order chi connectivity index (χ1) is 4.41. The van der Waals surface area contributed by atoms with Crippen LogP contribution >= 0.6 is 0 Å². The van der Waals surface area contributed by atoms with E-state index < -0.39 is 0 Å². The lowest BCUT2D eigenvalue weighted by atomic mass is 10.0. The molecule has 0 bridgehead atoms. The molecule has 1 rings (SSSR count). The topological polar surface area (TPSA) is 26.0 Å². The lowest BCUT2D eigenvalue weighted by molar-refractivity contribution is 0.593. The summed E-state index contributed by atoms with van der Waals surface area (Å²) in [5.74, 6) is 0. The molecule has 1 fully saturated rings. The van der Waals surface area contributed by atoms with Gasteiger partial charge in [0.15, 0.2) is 0 Å². The smallest absolute Gasteiger partial charge is 0.0106 e. The molecule has 0 amide bonds. The summed E-state index contributed by atoms with van der Waals surface area (Å²) in [5.41, 5.74) is 4.85. The summed E-state index contributed by atoms with van der Waals surface area (Å²) in [4.78, 5) is 0. The lowest BCUT2D eigenvalue weighted by Gasteiger charge is -2.05. The molecule has 1 aliphatic rings. The first-order valence-electron chi connectivity index (χ1n) is 3.93. The van der Waals surface area contributed by atoms with Gasteiger partial charge in [0, 0.05) is 0 Å². The van der Waals surface area contributed by atoms with E-state index in [4.69, 9.17) is 5.73 Å². The Kier molecular flexibility index (Phi) is 7.92. The summed E-state index contributed by atoms with van der Waals surface area (Å²) in [6.45, 7) is 2.65. The van der Waals surface area contributed by atoms with Crippen LogP contribution < -0.4 is 5.73 Å². The summed E-state index contributed by atoms with van der Waals surface area (Å²) >= 11 is 0. The molecule has 0 unspecified atom stereocenters. The fourth-order valence-corrected chi connectivity index (χ4v) is 0.898. The van der Waals surface area contributed by atoms with Crippen LogP contribution in [0.5, 0.6) is 0 Å². The van der Waals surface area contributed by atoms with E-state index in [1.54, 1.807) is 0 Å². The van der Waals surface area contributed by atoms with Gasteiger partial charge in [0.1, 0.15) is 0 Å². The molecule has 0 aromatic rings. The lowest BCUT2D eigenvalue weighted by Crippen LogP contribution is -1.87. The van der Waals surface area contributed by atoms with E-state index in [0.29, 0.717) is 0 Å². The Balaban J connectivity index is 0.000000187. The van der Waals surface area contributed by atoms with Gasteiger partial charge in [-0.1, -0.05) is 39.0 Å². The molecule has 55 valence electrons. The Hall–Kier alpha value is -0.0400. The third-order valence-electron chi connectivity index (χ3n) is 1.32. The van der Waals surface area contributed by atoms with E-state index in [9.17, 15) is 0 Å². The average molecular weight is 128 g/mol. The molecule has 2 N–H and O–H groups in total. The van der Waals surface area contributed by atoms with Gasteiger partial charge in [-0.05, 0) is 13.0 Å². The number of rotatable bonds is 0. The largest absolute Gasteiger partial charge is 0.331 e. The first kappa shape index (κ1) is 8.96. The van der Waals surface area contributed by atoms with E-state index in [1.807, 2.05) is 6.92 Å². The van der Waals surface area contributed by atoms with Gasteiger partial charge < -0.3 is 5.73 Å². The van der Waals surface area contributed by atoms with Crippen LogP contribution in [0.3, 0.4) is 0 Å². The summed E-state index contributed by atoms with van der Waals surface area (Å²) in [7, 11) is 0. The molecule has 0 aromatic carbocycles. The Labute approximate surface area is 58.6 Å². The predicted octanol–water partition coefficient (Wildman–Crippen LogP) is 2.12. The van der Waals surface area contributed by atoms with Crippen molar-refractivity contribution in [1.82, 2.24) is 0 Å². The quantitative estimate of drug-likeness (QED) is 0.531. The SMILES string of the molecule is CCN.[CH]1CCCCC1. The molecule has 0 atom stereocenters. The minimum Gasteiger partial charge on any atom is -0.331 e. The van der Waals surface area contributed by atoms with Gasteiger partial charge in [0.05, 0.1) is 0 Å². The molecule has 1 radical (unpaired) electrons. The molecule has 1 aliphatic carbocycles. The Bertz CT molecular complexity index is 28.3. The highest BCUT2D eigenvalue weighted by Crippen LogP contribution is 2.14. The summed E-state index contributed by atoms with van der Waals surface area (Å²) in [6, 6.07) is 0. The van der Waals surface area contributed by atoms with Crippen molar-refractivity contribution in [3.63, 3.8) is 0 Å². The molecule has 0 saturated heterocycles. The maximum atomic E-state index is 4.85. The summed E-state index contributed by atoms with van der Waals surface area (Å²) in [6.07, 6.45) is 9.50. The molecule has 1 nitrogen and oxygen atoms in total. The van der Waals surface area contributed by atoms with Crippen molar-refractivity contribution in [1.29, 1.82) is 0 Å². The molecular formula is C8H18N. The Morgan fingerprint density at radius 1 is 1.22 bits per heavy atom. The molecule has 1 heteroatoms. The highest BCUT2D eigenvalue weighted by atomic mass is 14.5. The highest BCUT2D eigenvalue weighted by Gasteiger charge is 1.95. The van der Waals surface area contributed by atoms with Crippen LogP contribution in [0.15, 0.2) is 0 Å². The van der Waals surface area contributed by atoms with Crippen LogP contribution in [0.4, 0.5) is 0 Å². The van der Waals surface area contributed by atoms with Crippen molar-refractivity contribution in [2.45, 2.75) is 39.0 Å². The van der Waals surface area contributed by atoms with Crippen molar-refractivity contribution in [2.24, 2.45) is 5.73 Å². The summed E-state index contributed by atoms with van der Waals surface area (Å²) in [5, 5.41) is 0. The normalized spacial score (nSPS) is 18.0. The molecule has 9 heavy (non-hydrogen) atoms. The molecule has 0 aliphatic heterocycles. The second kappa shape index (κ2) is 7.96. The molecule has 0 heterocycles. The summed E-state index contributed by atoms with van der Waals surface area (Å²) < 4.78 is 0. The van der Waals surface area contributed by atoms with Crippen molar-refractivity contribution in [3.8, 4) is 0 Å². The second-order valence-electron chi connectivity index (χ2n) is 2.33. The van der Waals surface area contributed by atoms with Crippen molar-refractivity contribution < 1.29 is 0 Å². The van der Waals surface area contributed by atoms with Crippen molar-refractivity contribution >= 4 is 0 Å². The van der Waals surface area contributed by atoms with Gasteiger partial charge in [-0.25, -0.2) is 0 Å². The molecule has 0 spiro atoms.